The Morgan fingerprint density at radius 1 is 1.07 bits per heavy atom. The van der Waals surface area contributed by atoms with Crippen LogP contribution in [0.3, 0.4) is 0 Å². The summed E-state index contributed by atoms with van der Waals surface area (Å²) in [4.78, 5) is 0. The number of hydrogen-bond acceptors (Lipinski definition) is 0. The van der Waals surface area contributed by atoms with Crippen LogP contribution in [0.4, 0.5) is 0 Å². The van der Waals surface area contributed by atoms with E-state index in [2.05, 4.69) is 48.5 Å². The maximum Gasteiger partial charge on any atom is -0.0352 e. The van der Waals surface area contributed by atoms with E-state index in [-0.39, 0.29) is 0 Å². The lowest BCUT2D eigenvalue weighted by atomic mass is 9.78. The highest BCUT2D eigenvalue weighted by molar-refractivity contribution is 4.93. The second-order valence-electron chi connectivity index (χ2n) is 7.91. The van der Waals surface area contributed by atoms with Gasteiger partial charge in [-0.05, 0) is 47.8 Å². The standard InChI is InChI=1S/C15H30/c1-11(15(5,6)7)13-10-12(13)8-9-14(2,3)4/h11-13H,8-10H2,1-7H3. The molecule has 0 aliphatic heterocycles. The molecule has 3 unspecified atom stereocenters. The van der Waals surface area contributed by atoms with E-state index < -0.39 is 0 Å². The van der Waals surface area contributed by atoms with Crippen molar-refractivity contribution in [1.29, 1.82) is 0 Å². The summed E-state index contributed by atoms with van der Waals surface area (Å²) in [5, 5.41) is 0. The molecular formula is C15H30. The lowest BCUT2D eigenvalue weighted by Gasteiger charge is -2.28. The summed E-state index contributed by atoms with van der Waals surface area (Å²) >= 11 is 0. The Bertz CT molecular complexity index is 201. The summed E-state index contributed by atoms with van der Waals surface area (Å²) in [6.45, 7) is 16.7. The Kier molecular flexibility index (Phi) is 3.58. The van der Waals surface area contributed by atoms with Crippen LogP contribution in [0.15, 0.2) is 0 Å². The van der Waals surface area contributed by atoms with Crippen molar-refractivity contribution >= 4 is 0 Å². The van der Waals surface area contributed by atoms with Gasteiger partial charge in [-0.2, -0.15) is 0 Å². The molecule has 0 nitrogen and oxygen atoms in total. The van der Waals surface area contributed by atoms with Crippen LogP contribution < -0.4 is 0 Å². The lowest BCUT2D eigenvalue weighted by Crippen LogP contribution is -2.20. The van der Waals surface area contributed by atoms with Gasteiger partial charge in [-0.3, -0.25) is 0 Å². The van der Waals surface area contributed by atoms with Crippen molar-refractivity contribution in [2.24, 2.45) is 28.6 Å². The Hall–Kier alpha value is 0. The highest BCUT2D eigenvalue weighted by Crippen LogP contribution is 2.53. The van der Waals surface area contributed by atoms with Crippen molar-refractivity contribution in [3.63, 3.8) is 0 Å². The summed E-state index contributed by atoms with van der Waals surface area (Å²) < 4.78 is 0. The molecule has 3 atom stereocenters. The van der Waals surface area contributed by atoms with Crippen LogP contribution in [-0.4, -0.2) is 0 Å². The first kappa shape index (κ1) is 13.1. The molecule has 0 aromatic rings. The van der Waals surface area contributed by atoms with Crippen molar-refractivity contribution in [1.82, 2.24) is 0 Å². The van der Waals surface area contributed by atoms with Gasteiger partial charge >= 0.3 is 0 Å². The molecule has 0 radical (unpaired) electrons. The van der Waals surface area contributed by atoms with E-state index in [9.17, 15) is 0 Å². The normalized spacial score (nSPS) is 29.0. The maximum atomic E-state index is 2.45. The molecule has 1 rings (SSSR count). The predicted molar refractivity (Wildman–Crippen MR) is 68.9 cm³/mol. The molecule has 0 aromatic heterocycles. The Balaban J connectivity index is 2.29. The van der Waals surface area contributed by atoms with Crippen LogP contribution in [0.25, 0.3) is 0 Å². The molecular weight excluding hydrogens is 180 g/mol. The van der Waals surface area contributed by atoms with Gasteiger partial charge in [0.05, 0.1) is 0 Å². The Morgan fingerprint density at radius 3 is 2.00 bits per heavy atom. The van der Waals surface area contributed by atoms with E-state index in [0.717, 1.165) is 17.8 Å². The van der Waals surface area contributed by atoms with Gasteiger partial charge in [-0.1, -0.05) is 48.5 Å². The van der Waals surface area contributed by atoms with Crippen molar-refractivity contribution in [3.05, 3.63) is 0 Å². The molecule has 1 aliphatic rings. The van der Waals surface area contributed by atoms with E-state index in [4.69, 9.17) is 0 Å². The fourth-order valence-corrected chi connectivity index (χ4v) is 2.48. The minimum absolute atomic E-state index is 0.501. The Labute approximate surface area is 96.8 Å². The zero-order chi connectivity index (χ0) is 11.9. The fraction of sp³-hybridized carbons (Fsp3) is 1.00. The molecule has 0 spiro atoms. The topological polar surface area (TPSA) is 0 Å². The molecule has 0 N–H and O–H groups in total. The average Bonchev–Trinajstić information content (AvgIpc) is 2.75. The third kappa shape index (κ3) is 4.17. The van der Waals surface area contributed by atoms with Crippen LogP contribution in [0.5, 0.6) is 0 Å². The van der Waals surface area contributed by atoms with Gasteiger partial charge < -0.3 is 0 Å². The summed E-state index contributed by atoms with van der Waals surface area (Å²) in [5.74, 6) is 2.95. The van der Waals surface area contributed by atoms with Crippen LogP contribution in [0.2, 0.25) is 0 Å². The second-order valence-corrected chi connectivity index (χ2v) is 7.91. The third-order valence-corrected chi connectivity index (χ3v) is 4.25. The lowest BCUT2D eigenvalue weighted by molar-refractivity contribution is 0.218. The molecule has 0 amide bonds. The fourth-order valence-electron chi connectivity index (χ4n) is 2.48. The first-order valence-corrected chi connectivity index (χ1v) is 6.61. The van der Waals surface area contributed by atoms with E-state index in [0.29, 0.717) is 10.8 Å². The van der Waals surface area contributed by atoms with Gasteiger partial charge in [0.2, 0.25) is 0 Å². The zero-order valence-electron chi connectivity index (χ0n) is 11.9. The second kappa shape index (κ2) is 4.11. The van der Waals surface area contributed by atoms with Crippen molar-refractivity contribution in [2.45, 2.75) is 67.7 Å². The largest absolute Gasteiger partial charge is 0.0617 e. The monoisotopic (exact) mass is 210 g/mol. The Morgan fingerprint density at radius 2 is 1.60 bits per heavy atom. The van der Waals surface area contributed by atoms with Crippen LogP contribution >= 0.6 is 0 Å². The quantitative estimate of drug-likeness (QED) is 0.605. The third-order valence-electron chi connectivity index (χ3n) is 4.25. The highest BCUT2D eigenvalue weighted by Gasteiger charge is 2.44. The summed E-state index contributed by atoms with van der Waals surface area (Å²) in [7, 11) is 0. The molecule has 1 saturated carbocycles. The molecule has 0 heteroatoms. The van der Waals surface area contributed by atoms with Crippen LogP contribution in [0, 0.1) is 28.6 Å². The van der Waals surface area contributed by atoms with Gasteiger partial charge in [-0.25, -0.2) is 0 Å². The van der Waals surface area contributed by atoms with Crippen molar-refractivity contribution in [3.8, 4) is 0 Å². The molecule has 0 aromatic carbocycles. The van der Waals surface area contributed by atoms with E-state index in [1.165, 1.54) is 19.3 Å². The number of hydrogen-bond donors (Lipinski definition) is 0. The minimum atomic E-state index is 0.501. The summed E-state index contributed by atoms with van der Waals surface area (Å²) in [6, 6.07) is 0. The van der Waals surface area contributed by atoms with Gasteiger partial charge in [0.1, 0.15) is 0 Å². The van der Waals surface area contributed by atoms with Gasteiger partial charge in [0.15, 0.2) is 0 Å². The molecule has 0 heterocycles. The summed E-state index contributed by atoms with van der Waals surface area (Å²) in [6.07, 6.45) is 4.34. The van der Waals surface area contributed by atoms with Crippen LogP contribution in [-0.2, 0) is 0 Å². The van der Waals surface area contributed by atoms with E-state index >= 15 is 0 Å². The van der Waals surface area contributed by atoms with Gasteiger partial charge in [0.25, 0.3) is 0 Å². The maximum absolute atomic E-state index is 2.45. The summed E-state index contributed by atoms with van der Waals surface area (Å²) in [5.41, 5.74) is 1.03. The first-order valence-electron chi connectivity index (χ1n) is 6.61. The van der Waals surface area contributed by atoms with Gasteiger partial charge in [-0.15, -0.1) is 0 Å². The van der Waals surface area contributed by atoms with Crippen LogP contribution in [0.1, 0.15) is 67.7 Å². The van der Waals surface area contributed by atoms with E-state index in [1.807, 2.05) is 0 Å². The number of rotatable bonds is 3. The molecule has 0 saturated heterocycles. The average molecular weight is 210 g/mol. The molecule has 15 heavy (non-hydrogen) atoms. The zero-order valence-corrected chi connectivity index (χ0v) is 11.9. The highest BCUT2D eigenvalue weighted by atomic mass is 14.5. The molecule has 90 valence electrons. The smallest absolute Gasteiger partial charge is 0.0352 e. The minimum Gasteiger partial charge on any atom is -0.0617 e. The predicted octanol–water partition coefficient (Wildman–Crippen LogP) is 5.13. The molecule has 0 bridgehead atoms. The molecule has 1 aliphatic carbocycles. The van der Waals surface area contributed by atoms with Crippen molar-refractivity contribution < 1.29 is 0 Å². The van der Waals surface area contributed by atoms with E-state index in [1.54, 1.807) is 0 Å². The van der Waals surface area contributed by atoms with Gasteiger partial charge in [0, 0.05) is 0 Å². The van der Waals surface area contributed by atoms with Crippen molar-refractivity contribution in [2.75, 3.05) is 0 Å². The first-order chi connectivity index (χ1) is 6.61. The SMILES string of the molecule is CC(C1CC1CCC(C)(C)C)C(C)(C)C. The molecule has 1 fully saturated rings.